The summed E-state index contributed by atoms with van der Waals surface area (Å²) in [5.41, 5.74) is 0. The second-order valence-electron chi connectivity index (χ2n) is 3.75. The van der Waals surface area contributed by atoms with Gasteiger partial charge in [0.2, 0.25) is 0 Å². The van der Waals surface area contributed by atoms with E-state index in [0.717, 1.165) is 32.4 Å². The molecule has 0 bridgehead atoms. The van der Waals surface area contributed by atoms with Crippen LogP contribution in [0.4, 0.5) is 13.2 Å². The fourth-order valence-electron chi connectivity index (χ4n) is 1.28. The highest BCUT2D eigenvalue weighted by atomic mass is 19.4. The predicted molar refractivity (Wildman–Crippen MR) is 58.5 cm³/mol. The third-order valence-electron chi connectivity index (χ3n) is 2.14. The number of unbranched alkanes of at least 4 members (excludes halogenated alkanes) is 2. The summed E-state index contributed by atoms with van der Waals surface area (Å²) in [7, 11) is 0. The van der Waals surface area contributed by atoms with Crippen molar-refractivity contribution < 1.29 is 17.9 Å². The maximum absolute atomic E-state index is 11.7. The Labute approximate surface area is 95.5 Å². The van der Waals surface area contributed by atoms with E-state index in [2.05, 4.69) is 12.2 Å². The van der Waals surface area contributed by atoms with Crippen LogP contribution >= 0.6 is 0 Å². The zero-order valence-corrected chi connectivity index (χ0v) is 9.91. The third kappa shape index (κ3) is 13.7. The van der Waals surface area contributed by atoms with Gasteiger partial charge in [0, 0.05) is 19.6 Å². The molecular formula is C11H22F3NO. The Balaban J connectivity index is 2.99. The molecule has 0 aliphatic carbocycles. The molecule has 0 spiro atoms. The summed E-state index contributed by atoms with van der Waals surface area (Å²) >= 11 is 0. The Morgan fingerprint density at radius 1 is 1.00 bits per heavy atom. The lowest BCUT2D eigenvalue weighted by Crippen LogP contribution is -2.14. The van der Waals surface area contributed by atoms with E-state index in [9.17, 15) is 13.2 Å². The molecule has 0 fully saturated rings. The van der Waals surface area contributed by atoms with Crippen molar-refractivity contribution >= 4 is 0 Å². The zero-order valence-electron chi connectivity index (χ0n) is 9.91. The van der Waals surface area contributed by atoms with Gasteiger partial charge in [-0.3, -0.25) is 0 Å². The summed E-state index contributed by atoms with van der Waals surface area (Å²) in [6, 6.07) is 0. The molecule has 0 amide bonds. The van der Waals surface area contributed by atoms with Crippen molar-refractivity contribution in [1.29, 1.82) is 0 Å². The van der Waals surface area contributed by atoms with Crippen LogP contribution in [0.2, 0.25) is 0 Å². The standard InChI is InChI=1S/C11H22F3NO/c1-2-15-8-4-3-5-9-16-10-6-7-11(12,13)14/h15H,2-10H2,1H3. The Hall–Kier alpha value is -0.290. The normalized spacial score (nSPS) is 12.0. The van der Waals surface area contributed by atoms with Gasteiger partial charge in [-0.05, 0) is 38.8 Å². The van der Waals surface area contributed by atoms with E-state index in [0.29, 0.717) is 6.61 Å². The molecule has 1 N–H and O–H groups in total. The number of nitrogens with one attached hydrogen (secondary N) is 1. The number of rotatable bonds is 10. The Kier molecular flexibility index (Phi) is 9.72. The van der Waals surface area contributed by atoms with Crippen LogP contribution in [0.15, 0.2) is 0 Å². The first-order chi connectivity index (χ1) is 7.56. The summed E-state index contributed by atoms with van der Waals surface area (Å²) in [5, 5.41) is 3.21. The first kappa shape index (κ1) is 15.7. The van der Waals surface area contributed by atoms with Gasteiger partial charge in [-0.15, -0.1) is 0 Å². The molecule has 0 aromatic heterocycles. The van der Waals surface area contributed by atoms with Gasteiger partial charge in [0.25, 0.3) is 0 Å². The highest BCUT2D eigenvalue weighted by Crippen LogP contribution is 2.20. The molecule has 0 atom stereocenters. The molecule has 0 unspecified atom stereocenters. The molecule has 5 heteroatoms. The van der Waals surface area contributed by atoms with Crippen LogP contribution in [-0.2, 0) is 4.74 Å². The molecule has 0 radical (unpaired) electrons. The number of halogens is 3. The van der Waals surface area contributed by atoms with Gasteiger partial charge in [0.05, 0.1) is 0 Å². The molecule has 0 saturated carbocycles. The van der Waals surface area contributed by atoms with Crippen LogP contribution in [0.25, 0.3) is 0 Å². The first-order valence-electron chi connectivity index (χ1n) is 5.91. The lowest BCUT2D eigenvalue weighted by molar-refractivity contribution is -0.137. The zero-order chi connectivity index (χ0) is 12.3. The van der Waals surface area contributed by atoms with Crippen LogP contribution in [-0.4, -0.2) is 32.5 Å². The summed E-state index contributed by atoms with van der Waals surface area (Å²) in [6.07, 6.45) is -1.63. The Morgan fingerprint density at radius 3 is 2.31 bits per heavy atom. The number of hydrogen-bond acceptors (Lipinski definition) is 2. The average molecular weight is 241 g/mol. The summed E-state index contributed by atoms with van der Waals surface area (Å²) in [5.74, 6) is 0. The minimum Gasteiger partial charge on any atom is -0.381 e. The van der Waals surface area contributed by atoms with Gasteiger partial charge < -0.3 is 10.1 Å². The number of hydrogen-bond donors (Lipinski definition) is 1. The molecule has 0 heterocycles. The van der Waals surface area contributed by atoms with E-state index in [1.54, 1.807) is 0 Å². The highest BCUT2D eigenvalue weighted by Gasteiger charge is 2.25. The lowest BCUT2D eigenvalue weighted by atomic mass is 10.2. The van der Waals surface area contributed by atoms with Gasteiger partial charge in [0.15, 0.2) is 0 Å². The van der Waals surface area contributed by atoms with E-state index < -0.39 is 12.6 Å². The Bertz CT molecular complexity index is 151. The fourth-order valence-corrected chi connectivity index (χ4v) is 1.28. The molecule has 16 heavy (non-hydrogen) atoms. The lowest BCUT2D eigenvalue weighted by Gasteiger charge is -2.07. The van der Waals surface area contributed by atoms with Crippen molar-refractivity contribution in [2.45, 2.75) is 45.2 Å². The van der Waals surface area contributed by atoms with Crippen LogP contribution < -0.4 is 5.32 Å². The third-order valence-corrected chi connectivity index (χ3v) is 2.14. The van der Waals surface area contributed by atoms with Crippen molar-refractivity contribution in [1.82, 2.24) is 5.32 Å². The van der Waals surface area contributed by atoms with Crippen LogP contribution in [0, 0.1) is 0 Å². The Morgan fingerprint density at radius 2 is 1.69 bits per heavy atom. The predicted octanol–water partition coefficient (Wildman–Crippen LogP) is 3.13. The van der Waals surface area contributed by atoms with Crippen molar-refractivity contribution in [2.24, 2.45) is 0 Å². The number of ether oxygens (including phenoxy) is 1. The van der Waals surface area contributed by atoms with Gasteiger partial charge in [-0.2, -0.15) is 13.2 Å². The minimum absolute atomic E-state index is 0.0703. The molecule has 0 aliphatic rings. The molecule has 2 nitrogen and oxygen atoms in total. The second kappa shape index (κ2) is 9.90. The van der Waals surface area contributed by atoms with E-state index in [4.69, 9.17) is 4.74 Å². The van der Waals surface area contributed by atoms with E-state index in [-0.39, 0.29) is 13.0 Å². The van der Waals surface area contributed by atoms with Gasteiger partial charge in [0.1, 0.15) is 0 Å². The van der Waals surface area contributed by atoms with Gasteiger partial charge in [-0.1, -0.05) is 6.92 Å². The molecule has 0 aromatic carbocycles. The van der Waals surface area contributed by atoms with Gasteiger partial charge in [-0.25, -0.2) is 0 Å². The van der Waals surface area contributed by atoms with Crippen LogP contribution in [0.1, 0.15) is 39.0 Å². The van der Waals surface area contributed by atoms with Crippen LogP contribution in [0.5, 0.6) is 0 Å². The topological polar surface area (TPSA) is 21.3 Å². The molecule has 0 aromatic rings. The molecule has 98 valence electrons. The molecule has 0 rings (SSSR count). The largest absolute Gasteiger partial charge is 0.389 e. The minimum atomic E-state index is -4.05. The fraction of sp³-hybridized carbons (Fsp3) is 1.00. The molecule has 0 saturated heterocycles. The van der Waals surface area contributed by atoms with Crippen molar-refractivity contribution in [3.05, 3.63) is 0 Å². The van der Waals surface area contributed by atoms with E-state index in [1.807, 2.05) is 0 Å². The molecular weight excluding hydrogens is 219 g/mol. The van der Waals surface area contributed by atoms with Crippen LogP contribution in [0.3, 0.4) is 0 Å². The van der Waals surface area contributed by atoms with Crippen molar-refractivity contribution in [3.63, 3.8) is 0 Å². The SMILES string of the molecule is CCNCCCCCOCCCC(F)(F)F. The maximum atomic E-state index is 11.7. The summed E-state index contributed by atoms with van der Waals surface area (Å²) in [6.45, 7) is 4.83. The first-order valence-corrected chi connectivity index (χ1v) is 5.91. The average Bonchev–Trinajstić information content (AvgIpc) is 2.19. The van der Waals surface area contributed by atoms with Gasteiger partial charge >= 0.3 is 6.18 Å². The summed E-state index contributed by atoms with van der Waals surface area (Å²) < 4.78 is 40.3. The monoisotopic (exact) mass is 241 g/mol. The smallest absolute Gasteiger partial charge is 0.381 e. The second-order valence-corrected chi connectivity index (χ2v) is 3.75. The van der Waals surface area contributed by atoms with E-state index >= 15 is 0 Å². The maximum Gasteiger partial charge on any atom is 0.389 e. The highest BCUT2D eigenvalue weighted by molar-refractivity contribution is 4.50. The number of alkyl halides is 3. The molecule has 0 aliphatic heterocycles. The van der Waals surface area contributed by atoms with Crippen molar-refractivity contribution in [3.8, 4) is 0 Å². The quantitative estimate of drug-likeness (QED) is 0.593. The summed E-state index contributed by atoms with van der Waals surface area (Å²) in [4.78, 5) is 0. The van der Waals surface area contributed by atoms with E-state index in [1.165, 1.54) is 0 Å². The van der Waals surface area contributed by atoms with Crippen molar-refractivity contribution in [2.75, 3.05) is 26.3 Å².